The summed E-state index contributed by atoms with van der Waals surface area (Å²) < 4.78 is 17.8. The lowest BCUT2D eigenvalue weighted by molar-refractivity contribution is 0.00578. The molecule has 36 heavy (non-hydrogen) atoms. The average molecular weight is 504 g/mol. The molecular formula is C28H50BN3O4. The van der Waals surface area contributed by atoms with Crippen molar-refractivity contribution in [1.82, 2.24) is 9.88 Å². The van der Waals surface area contributed by atoms with Crippen LogP contribution < -0.4 is 10.4 Å². The fraction of sp³-hybridized carbons (Fsp3) is 0.786. The lowest BCUT2D eigenvalue weighted by Gasteiger charge is -2.36. The van der Waals surface area contributed by atoms with E-state index in [2.05, 4.69) is 51.4 Å². The Morgan fingerprint density at radius 1 is 0.889 bits per heavy atom. The number of hydrogen-bond donors (Lipinski definition) is 0. The van der Waals surface area contributed by atoms with E-state index < -0.39 is 12.7 Å². The van der Waals surface area contributed by atoms with E-state index in [1.807, 2.05) is 60.6 Å². The van der Waals surface area contributed by atoms with E-state index in [-0.39, 0.29) is 17.3 Å². The smallest absolute Gasteiger partial charge is 0.444 e. The second kappa shape index (κ2) is 10.5. The van der Waals surface area contributed by atoms with E-state index in [1.54, 1.807) is 11.1 Å². The molecule has 0 radical (unpaired) electrons. The zero-order valence-corrected chi connectivity index (χ0v) is 25.1. The Bertz CT molecular complexity index is 861. The van der Waals surface area contributed by atoms with Gasteiger partial charge in [0.2, 0.25) is 0 Å². The molecule has 3 heterocycles. The van der Waals surface area contributed by atoms with E-state index in [4.69, 9.17) is 14.0 Å². The van der Waals surface area contributed by atoms with Gasteiger partial charge in [0.15, 0.2) is 0 Å². The van der Waals surface area contributed by atoms with Crippen LogP contribution >= 0.6 is 0 Å². The van der Waals surface area contributed by atoms with Gasteiger partial charge in [-0.2, -0.15) is 0 Å². The molecule has 3 rings (SSSR count). The van der Waals surface area contributed by atoms with Gasteiger partial charge in [-0.05, 0) is 76.9 Å². The molecule has 0 bridgehead atoms. The second-order valence-electron chi connectivity index (χ2n) is 14.0. The molecule has 204 valence electrons. The SMILES string of the molecule is CC(C)(C)C(C)(C)C.CC(C)(C)OC(=O)N1CCN(c2cc(B3OC(C)(C)C(C)(C)O3)ccn2)CC1. The van der Waals surface area contributed by atoms with Crippen molar-refractivity contribution < 1.29 is 18.8 Å². The quantitative estimate of drug-likeness (QED) is 0.496. The Morgan fingerprint density at radius 3 is 1.78 bits per heavy atom. The number of anilines is 1. The Kier molecular flexibility index (Phi) is 8.90. The summed E-state index contributed by atoms with van der Waals surface area (Å²) in [6.45, 7) is 30.1. The van der Waals surface area contributed by atoms with Crippen LogP contribution in [0.3, 0.4) is 0 Å². The lowest BCUT2D eigenvalue weighted by Crippen LogP contribution is -2.50. The highest BCUT2D eigenvalue weighted by Gasteiger charge is 2.51. The Morgan fingerprint density at radius 2 is 1.36 bits per heavy atom. The highest BCUT2D eigenvalue weighted by atomic mass is 16.7. The Labute approximate surface area is 220 Å². The zero-order valence-electron chi connectivity index (χ0n) is 25.1. The van der Waals surface area contributed by atoms with Gasteiger partial charge in [-0.15, -0.1) is 0 Å². The lowest BCUT2D eigenvalue weighted by atomic mass is 9.71. The van der Waals surface area contributed by atoms with Crippen molar-refractivity contribution in [2.24, 2.45) is 10.8 Å². The molecule has 0 spiro atoms. The van der Waals surface area contributed by atoms with Crippen molar-refractivity contribution in [3.63, 3.8) is 0 Å². The fourth-order valence-corrected chi connectivity index (χ4v) is 3.18. The number of amides is 1. The van der Waals surface area contributed by atoms with Gasteiger partial charge >= 0.3 is 13.2 Å². The number of ether oxygens (including phenoxy) is 1. The minimum absolute atomic E-state index is 0.258. The minimum Gasteiger partial charge on any atom is -0.444 e. The van der Waals surface area contributed by atoms with E-state index in [0.29, 0.717) is 37.0 Å². The van der Waals surface area contributed by atoms with Crippen molar-refractivity contribution in [2.45, 2.75) is 107 Å². The summed E-state index contributed by atoms with van der Waals surface area (Å²) in [7, 11) is -0.408. The first-order chi connectivity index (χ1) is 16.1. The maximum Gasteiger partial charge on any atom is 0.495 e. The first-order valence-electron chi connectivity index (χ1n) is 13.2. The predicted octanol–water partition coefficient (Wildman–Crippen LogP) is 5.52. The number of pyridine rings is 1. The topological polar surface area (TPSA) is 64.1 Å². The van der Waals surface area contributed by atoms with Crippen LogP contribution in [0, 0.1) is 10.8 Å². The third-order valence-corrected chi connectivity index (χ3v) is 7.80. The summed E-state index contributed by atoms with van der Waals surface area (Å²) in [5.41, 5.74) is 0.603. The van der Waals surface area contributed by atoms with Gasteiger partial charge in [-0.1, -0.05) is 41.5 Å². The molecule has 2 aliphatic rings. The number of carbonyl (C=O) groups is 1. The highest BCUT2D eigenvalue weighted by molar-refractivity contribution is 6.62. The van der Waals surface area contributed by atoms with Crippen LogP contribution in [0.5, 0.6) is 0 Å². The Balaban J connectivity index is 0.000000493. The molecule has 1 aromatic rings. The number of hydrogen-bond acceptors (Lipinski definition) is 6. The van der Waals surface area contributed by atoms with Crippen LogP contribution in [0.2, 0.25) is 0 Å². The van der Waals surface area contributed by atoms with Crippen molar-refractivity contribution in [2.75, 3.05) is 31.1 Å². The predicted molar refractivity (Wildman–Crippen MR) is 149 cm³/mol. The molecule has 0 atom stereocenters. The van der Waals surface area contributed by atoms with E-state index in [0.717, 1.165) is 11.3 Å². The number of piperazine rings is 1. The maximum absolute atomic E-state index is 12.2. The molecule has 1 amide bonds. The molecule has 2 saturated heterocycles. The van der Waals surface area contributed by atoms with Crippen LogP contribution in [0.15, 0.2) is 18.3 Å². The van der Waals surface area contributed by atoms with Crippen LogP contribution in [0.4, 0.5) is 10.6 Å². The minimum atomic E-state index is -0.479. The zero-order chi connectivity index (χ0) is 27.7. The summed E-state index contributed by atoms with van der Waals surface area (Å²) in [5, 5.41) is 0. The van der Waals surface area contributed by atoms with Crippen LogP contribution in [-0.2, 0) is 14.0 Å². The van der Waals surface area contributed by atoms with Crippen LogP contribution in [-0.4, -0.2) is 66.1 Å². The molecule has 1 aromatic heterocycles. The number of rotatable bonds is 2. The number of aromatic nitrogens is 1. The van der Waals surface area contributed by atoms with Gasteiger partial charge < -0.3 is 23.8 Å². The van der Waals surface area contributed by atoms with Gasteiger partial charge in [-0.3, -0.25) is 0 Å². The van der Waals surface area contributed by atoms with Crippen LogP contribution in [0.25, 0.3) is 0 Å². The second-order valence-corrected chi connectivity index (χ2v) is 14.0. The molecule has 2 fully saturated rings. The normalized spacial score (nSPS) is 20.1. The van der Waals surface area contributed by atoms with Gasteiger partial charge in [0.05, 0.1) is 11.2 Å². The van der Waals surface area contributed by atoms with Crippen molar-refractivity contribution in [1.29, 1.82) is 0 Å². The number of carbonyl (C=O) groups excluding carboxylic acids is 1. The monoisotopic (exact) mass is 503 g/mol. The standard InChI is InChI=1S/C20H32BN3O4.C8H18/c1-18(2,3)26-17(25)24-12-10-23(11-13-24)16-14-15(8-9-22-16)21-27-19(4,5)20(6,7)28-21;1-7(2,3)8(4,5)6/h8-9,14H,10-13H2,1-7H3;1-6H3. The summed E-state index contributed by atoms with van der Waals surface area (Å²) in [4.78, 5) is 20.7. The first kappa shape index (κ1) is 30.4. The number of nitrogens with zero attached hydrogens (tertiary/aromatic N) is 3. The summed E-state index contributed by atoms with van der Waals surface area (Å²) in [5.74, 6) is 0.871. The Hall–Kier alpha value is -1.80. The van der Waals surface area contributed by atoms with Gasteiger partial charge in [0.25, 0.3) is 0 Å². The molecule has 0 N–H and O–H groups in total. The molecular weight excluding hydrogens is 453 g/mol. The average Bonchev–Trinajstić information content (AvgIpc) is 2.93. The third-order valence-electron chi connectivity index (χ3n) is 7.80. The molecule has 0 aromatic carbocycles. The van der Waals surface area contributed by atoms with E-state index >= 15 is 0 Å². The van der Waals surface area contributed by atoms with Gasteiger partial charge in [-0.25, -0.2) is 9.78 Å². The van der Waals surface area contributed by atoms with E-state index in [1.165, 1.54) is 0 Å². The third kappa shape index (κ3) is 7.85. The largest absolute Gasteiger partial charge is 0.495 e. The van der Waals surface area contributed by atoms with Crippen molar-refractivity contribution in [3.8, 4) is 0 Å². The fourth-order valence-electron chi connectivity index (χ4n) is 3.18. The summed E-state index contributed by atoms with van der Waals surface area (Å²) in [6, 6.07) is 3.95. The van der Waals surface area contributed by atoms with Crippen molar-refractivity contribution in [3.05, 3.63) is 18.3 Å². The van der Waals surface area contributed by atoms with Crippen molar-refractivity contribution >= 4 is 24.5 Å². The van der Waals surface area contributed by atoms with Gasteiger partial charge in [0.1, 0.15) is 11.4 Å². The molecule has 0 unspecified atom stereocenters. The highest BCUT2D eigenvalue weighted by Crippen LogP contribution is 2.37. The summed E-state index contributed by atoms with van der Waals surface area (Å²) >= 11 is 0. The first-order valence-corrected chi connectivity index (χ1v) is 13.2. The maximum atomic E-state index is 12.2. The van der Waals surface area contributed by atoms with E-state index in [9.17, 15) is 4.79 Å². The van der Waals surface area contributed by atoms with Crippen LogP contribution in [0.1, 0.15) is 90.0 Å². The van der Waals surface area contributed by atoms with Gasteiger partial charge in [0, 0.05) is 32.4 Å². The molecule has 8 heteroatoms. The molecule has 2 aliphatic heterocycles. The molecule has 0 aliphatic carbocycles. The molecule has 0 saturated carbocycles. The molecule has 7 nitrogen and oxygen atoms in total. The summed E-state index contributed by atoms with van der Waals surface area (Å²) in [6.07, 6.45) is 1.53.